The molecule has 2 aromatic heterocycles. The molecule has 2 aliphatic rings. The second-order valence-electron chi connectivity index (χ2n) is 9.98. The minimum atomic E-state index is -0.675. The van der Waals surface area contributed by atoms with E-state index in [1.165, 1.54) is 25.7 Å². The standard InChI is InChI=1S/C26H35AsClN5O4/c1-17(14-35-2)32-19-5-3-18(4-6-19)27-23-11-20(21(28)12-30-23)22-13-31-24(34)25(33-22)37-16-26(15-29)7-9-36-10-8-26/h11-13,17-19,27,32H,3-10,14,16H2,1-2H3,(H,31,34)/t17-,18-,19-/m1/s1. The van der Waals surface area contributed by atoms with E-state index in [1.54, 1.807) is 19.5 Å². The molecule has 9 nitrogen and oxygen atoms in total. The van der Waals surface area contributed by atoms with Gasteiger partial charge in [-0.15, -0.1) is 0 Å². The van der Waals surface area contributed by atoms with Crippen molar-refractivity contribution in [3.8, 4) is 23.2 Å². The molecule has 1 aliphatic carbocycles. The van der Waals surface area contributed by atoms with Gasteiger partial charge in [-0.05, 0) is 0 Å². The molecule has 4 rings (SSSR count). The van der Waals surface area contributed by atoms with Crippen LogP contribution in [0.3, 0.4) is 0 Å². The molecule has 37 heavy (non-hydrogen) atoms. The molecule has 2 atom stereocenters. The van der Waals surface area contributed by atoms with E-state index in [-0.39, 0.29) is 12.5 Å². The Kier molecular flexibility index (Phi) is 10.0. The van der Waals surface area contributed by atoms with E-state index < -0.39 is 26.7 Å². The molecule has 2 fully saturated rings. The van der Waals surface area contributed by atoms with Crippen molar-refractivity contribution in [1.29, 1.82) is 5.26 Å². The van der Waals surface area contributed by atoms with E-state index in [0.717, 1.165) is 16.7 Å². The van der Waals surface area contributed by atoms with Crippen molar-refractivity contribution in [2.24, 2.45) is 5.41 Å². The number of hydrogen-bond donors (Lipinski definition) is 2. The number of halogens is 1. The van der Waals surface area contributed by atoms with Gasteiger partial charge in [0, 0.05) is 0 Å². The van der Waals surface area contributed by atoms with Gasteiger partial charge < -0.3 is 0 Å². The van der Waals surface area contributed by atoms with Crippen LogP contribution in [0.25, 0.3) is 11.3 Å². The Morgan fingerprint density at radius 1 is 1.35 bits per heavy atom. The summed E-state index contributed by atoms with van der Waals surface area (Å²) in [6.45, 7) is 3.99. The number of pyridine rings is 1. The molecular formula is C26H35AsClN5O4. The number of hydrogen-bond acceptors (Lipinski definition) is 8. The van der Waals surface area contributed by atoms with Crippen LogP contribution < -0.4 is 20.1 Å². The fraction of sp³-hybridized carbons (Fsp3) is 0.615. The number of nitriles is 1. The summed E-state index contributed by atoms with van der Waals surface area (Å²) in [4.78, 5) is 24.2. The number of aromatic nitrogens is 3. The molecule has 3 heterocycles. The number of H-pyrrole nitrogens is 1. The number of aromatic amines is 1. The zero-order chi connectivity index (χ0) is 26.3. The Hall–Kier alpha value is -1.95. The first-order chi connectivity index (χ1) is 17.9. The van der Waals surface area contributed by atoms with Crippen molar-refractivity contribution < 1.29 is 14.2 Å². The van der Waals surface area contributed by atoms with Gasteiger partial charge in [0.2, 0.25) is 0 Å². The Bertz CT molecular complexity index is 1140. The molecule has 1 saturated heterocycles. The number of ether oxygens (including phenoxy) is 3. The average molecular weight is 592 g/mol. The summed E-state index contributed by atoms with van der Waals surface area (Å²) in [6.07, 6.45) is 9.07. The SMILES string of the molecule is COC[C@@H](C)N[C@H]1CC[C@H]([AsH]c2cc(-c3c[nH]c(=O)c(OCC4(C#N)CCOCC4)n3)c(Cl)cn2)CC1. The Morgan fingerprint density at radius 2 is 2.11 bits per heavy atom. The van der Waals surface area contributed by atoms with E-state index in [4.69, 9.17) is 25.8 Å². The van der Waals surface area contributed by atoms with E-state index in [0.29, 0.717) is 53.6 Å². The van der Waals surface area contributed by atoms with Crippen molar-refractivity contribution >= 4 is 31.8 Å². The molecule has 2 N–H and O–H groups in total. The second kappa shape index (κ2) is 13.2. The molecule has 200 valence electrons. The van der Waals surface area contributed by atoms with Gasteiger partial charge in [-0.25, -0.2) is 0 Å². The number of nitrogens with zero attached hydrogens (tertiary/aromatic N) is 3. The number of nitrogens with one attached hydrogen (secondary N) is 2. The molecule has 11 heteroatoms. The predicted molar refractivity (Wildman–Crippen MR) is 144 cm³/mol. The van der Waals surface area contributed by atoms with Gasteiger partial charge in [-0.1, -0.05) is 0 Å². The summed E-state index contributed by atoms with van der Waals surface area (Å²) in [5.41, 5.74) is 0.132. The van der Waals surface area contributed by atoms with Crippen molar-refractivity contribution in [1.82, 2.24) is 20.3 Å². The normalized spacial score (nSPS) is 22.5. The van der Waals surface area contributed by atoms with Crippen molar-refractivity contribution in [3.63, 3.8) is 0 Å². The van der Waals surface area contributed by atoms with Crippen LogP contribution in [0, 0.1) is 16.7 Å². The van der Waals surface area contributed by atoms with Gasteiger partial charge in [-0.2, -0.15) is 0 Å². The average Bonchev–Trinajstić information content (AvgIpc) is 2.91. The van der Waals surface area contributed by atoms with Gasteiger partial charge in [0.15, 0.2) is 0 Å². The minimum absolute atomic E-state index is 0.0578. The first-order valence-electron chi connectivity index (χ1n) is 12.8. The van der Waals surface area contributed by atoms with Crippen LogP contribution in [0.2, 0.25) is 9.73 Å². The predicted octanol–water partition coefficient (Wildman–Crippen LogP) is 2.60. The van der Waals surface area contributed by atoms with Gasteiger partial charge in [0.25, 0.3) is 0 Å². The van der Waals surface area contributed by atoms with Crippen LogP contribution in [0.4, 0.5) is 0 Å². The van der Waals surface area contributed by atoms with E-state index in [9.17, 15) is 10.1 Å². The van der Waals surface area contributed by atoms with Gasteiger partial charge in [-0.3, -0.25) is 0 Å². The molecule has 0 spiro atoms. The van der Waals surface area contributed by atoms with E-state index in [1.807, 2.05) is 6.07 Å². The molecule has 1 unspecified atom stereocenters. The zero-order valence-corrected chi connectivity index (χ0v) is 24.2. The summed E-state index contributed by atoms with van der Waals surface area (Å²) in [7, 11) is 1.74. The van der Waals surface area contributed by atoms with Gasteiger partial charge in [0.1, 0.15) is 0 Å². The fourth-order valence-electron chi connectivity index (χ4n) is 4.91. The van der Waals surface area contributed by atoms with Crippen LogP contribution in [0.5, 0.6) is 5.88 Å². The zero-order valence-electron chi connectivity index (χ0n) is 21.4. The Morgan fingerprint density at radius 3 is 2.81 bits per heavy atom. The van der Waals surface area contributed by atoms with Crippen LogP contribution >= 0.6 is 11.6 Å². The van der Waals surface area contributed by atoms with Crippen LogP contribution in [0.15, 0.2) is 23.3 Å². The molecule has 0 amide bonds. The Balaban J connectivity index is 1.41. The molecule has 0 bridgehead atoms. The monoisotopic (exact) mass is 591 g/mol. The summed E-state index contributed by atoms with van der Waals surface area (Å²) in [6, 6.07) is 5.27. The summed E-state index contributed by atoms with van der Waals surface area (Å²) in [5, 5.41) is 13.8. The maximum atomic E-state index is 12.4. The first-order valence-corrected chi connectivity index (χ1v) is 15.4. The van der Waals surface area contributed by atoms with Crippen LogP contribution in [-0.2, 0) is 9.47 Å². The third-order valence-electron chi connectivity index (χ3n) is 7.08. The van der Waals surface area contributed by atoms with Crippen molar-refractivity contribution in [3.05, 3.63) is 33.8 Å². The van der Waals surface area contributed by atoms with E-state index in [2.05, 4.69) is 33.3 Å². The Labute approximate surface area is 229 Å². The molecule has 0 radical (unpaired) electrons. The van der Waals surface area contributed by atoms with Crippen molar-refractivity contribution in [2.45, 2.75) is 62.2 Å². The first kappa shape index (κ1) is 28.1. The second-order valence-corrected chi connectivity index (χ2v) is 13.8. The summed E-state index contributed by atoms with van der Waals surface area (Å²) in [5.74, 6) is -0.0578. The maximum absolute atomic E-state index is 12.4. The van der Waals surface area contributed by atoms with E-state index >= 15 is 0 Å². The van der Waals surface area contributed by atoms with Gasteiger partial charge in [0.05, 0.1) is 0 Å². The molecule has 2 aromatic rings. The van der Waals surface area contributed by atoms with Gasteiger partial charge >= 0.3 is 230 Å². The molecule has 0 aromatic carbocycles. The number of rotatable bonds is 10. The molecular weight excluding hydrogens is 557 g/mol. The third-order valence-corrected chi connectivity index (χ3v) is 10.6. The molecule has 1 aliphatic heterocycles. The topological polar surface area (TPSA) is 122 Å². The fourth-order valence-corrected chi connectivity index (χ4v) is 8.06. The van der Waals surface area contributed by atoms with Crippen molar-refractivity contribution in [2.75, 3.05) is 33.5 Å². The quantitative estimate of drug-likeness (QED) is 0.405. The van der Waals surface area contributed by atoms with Crippen LogP contribution in [-0.4, -0.2) is 76.3 Å². The molecule has 1 saturated carbocycles. The van der Waals surface area contributed by atoms with Crippen LogP contribution in [0.1, 0.15) is 45.4 Å². The third kappa shape index (κ3) is 7.55. The summed E-state index contributed by atoms with van der Waals surface area (Å²) < 4.78 is 18.1. The summed E-state index contributed by atoms with van der Waals surface area (Å²) >= 11 is 6.04. The number of methoxy groups -OCH3 is 1.